The van der Waals surface area contributed by atoms with Crippen LogP contribution in [-0.2, 0) is 9.53 Å². The third-order valence-electron chi connectivity index (χ3n) is 4.87. The number of aliphatic hydroxyl groups is 1. The lowest BCUT2D eigenvalue weighted by Crippen LogP contribution is -2.57. The molecule has 1 rings (SSSR count). The molecule has 1 fully saturated rings. The van der Waals surface area contributed by atoms with Crippen molar-refractivity contribution in [3.63, 3.8) is 0 Å². The maximum Gasteiger partial charge on any atom is 0.426 e. The van der Waals surface area contributed by atoms with Crippen LogP contribution in [0.1, 0.15) is 65.7 Å². The summed E-state index contributed by atoms with van der Waals surface area (Å²) in [5, 5.41) is 9.29. The second-order valence-corrected chi connectivity index (χ2v) is 8.71. The first-order chi connectivity index (χ1) is 12.1. The summed E-state index contributed by atoms with van der Waals surface area (Å²) < 4.78 is 81.7. The molecule has 1 aliphatic rings. The predicted octanol–water partition coefficient (Wildman–Crippen LogP) is 5.41. The largest absolute Gasteiger partial charge is 0.466 e. The molecule has 3 nitrogen and oxygen atoms in total. The molecule has 0 amide bonds. The summed E-state index contributed by atoms with van der Waals surface area (Å²) in [7, 11) is 0. The molecular weight excluding hydrogens is 378 g/mol. The Labute approximate surface area is 155 Å². The van der Waals surface area contributed by atoms with Gasteiger partial charge in [-0.05, 0) is 42.9 Å². The molecule has 0 bridgehead atoms. The molecule has 1 N–H and O–H groups in total. The standard InChI is InChI=1S/C18H28F6O3/c1-15(2,3)11-14(25)27-8-4-5-12-6-7-13(9-12)10-16(26,17(19,20)21)18(22,23)24/h12-13,26H,4-11H2,1-3H3. The number of ether oxygens (including phenoxy) is 1. The average Bonchev–Trinajstić information content (AvgIpc) is 2.86. The average molecular weight is 406 g/mol. The van der Waals surface area contributed by atoms with Gasteiger partial charge >= 0.3 is 18.3 Å². The lowest BCUT2D eigenvalue weighted by Gasteiger charge is -2.34. The number of halogens is 6. The molecule has 0 radical (unpaired) electrons. The number of rotatable bonds is 7. The van der Waals surface area contributed by atoms with Crippen LogP contribution in [0.4, 0.5) is 26.3 Å². The van der Waals surface area contributed by atoms with E-state index in [0.717, 1.165) is 0 Å². The van der Waals surface area contributed by atoms with Crippen LogP contribution in [0.3, 0.4) is 0 Å². The predicted molar refractivity (Wildman–Crippen MR) is 86.8 cm³/mol. The highest BCUT2D eigenvalue weighted by Crippen LogP contribution is 2.49. The van der Waals surface area contributed by atoms with Gasteiger partial charge in [-0.25, -0.2) is 0 Å². The zero-order valence-electron chi connectivity index (χ0n) is 15.8. The third-order valence-corrected chi connectivity index (χ3v) is 4.87. The number of carbonyl (C=O) groups excluding carboxylic acids is 1. The van der Waals surface area contributed by atoms with E-state index in [1.54, 1.807) is 0 Å². The summed E-state index contributed by atoms with van der Waals surface area (Å²) in [6, 6.07) is 0. The molecule has 0 aromatic rings. The summed E-state index contributed by atoms with van der Waals surface area (Å²) in [5.41, 5.74) is -4.86. The van der Waals surface area contributed by atoms with Crippen molar-refractivity contribution in [1.82, 2.24) is 0 Å². The van der Waals surface area contributed by atoms with Crippen LogP contribution in [0.2, 0.25) is 0 Å². The monoisotopic (exact) mass is 406 g/mol. The van der Waals surface area contributed by atoms with Gasteiger partial charge in [0.15, 0.2) is 0 Å². The van der Waals surface area contributed by atoms with Crippen LogP contribution in [0.15, 0.2) is 0 Å². The minimum atomic E-state index is -5.76. The SMILES string of the molecule is CC(C)(C)CC(=O)OCCCC1CCC(CC(O)(C(F)(F)F)C(F)(F)F)C1. The third kappa shape index (κ3) is 7.16. The molecule has 2 atom stereocenters. The van der Waals surface area contributed by atoms with Gasteiger partial charge < -0.3 is 9.84 Å². The highest BCUT2D eigenvalue weighted by molar-refractivity contribution is 5.70. The summed E-state index contributed by atoms with van der Waals surface area (Å²) in [4.78, 5) is 11.6. The molecule has 0 spiro atoms. The van der Waals surface area contributed by atoms with Crippen molar-refractivity contribution in [1.29, 1.82) is 0 Å². The van der Waals surface area contributed by atoms with Gasteiger partial charge in [-0.2, -0.15) is 26.3 Å². The normalized spacial score (nSPS) is 22.1. The van der Waals surface area contributed by atoms with Gasteiger partial charge in [0.1, 0.15) is 0 Å². The lowest BCUT2D eigenvalue weighted by molar-refractivity contribution is -0.372. The fraction of sp³-hybridized carbons (Fsp3) is 0.944. The Bertz CT molecular complexity index is 479. The summed E-state index contributed by atoms with van der Waals surface area (Å²) in [6.45, 7) is 5.88. The smallest absolute Gasteiger partial charge is 0.426 e. The molecule has 160 valence electrons. The quantitative estimate of drug-likeness (QED) is 0.349. The number of hydrogen-bond acceptors (Lipinski definition) is 3. The molecule has 0 aromatic carbocycles. The summed E-state index contributed by atoms with van der Waals surface area (Å²) >= 11 is 0. The van der Waals surface area contributed by atoms with E-state index in [-0.39, 0.29) is 43.2 Å². The zero-order valence-corrected chi connectivity index (χ0v) is 15.8. The minimum absolute atomic E-state index is 0.0259. The Balaban J connectivity index is 2.42. The Morgan fingerprint density at radius 3 is 2.00 bits per heavy atom. The molecule has 1 saturated carbocycles. The van der Waals surface area contributed by atoms with Crippen molar-refractivity contribution in [2.75, 3.05) is 6.61 Å². The van der Waals surface area contributed by atoms with Crippen molar-refractivity contribution >= 4 is 5.97 Å². The Morgan fingerprint density at radius 2 is 1.52 bits per heavy atom. The molecule has 0 saturated heterocycles. The molecule has 0 aliphatic heterocycles. The number of alkyl halides is 6. The highest BCUT2D eigenvalue weighted by Gasteiger charge is 2.70. The van der Waals surface area contributed by atoms with Crippen LogP contribution in [0, 0.1) is 17.3 Å². The maximum atomic E-state index is 12.8. The first-order valence-corrected chi connectivity index (χ1v) is 9.06. The number of esters is 1. The molecule has 0 heterocycles. The van der Waals surface area contributed by atoms with E-state index in [2.05, 4.69) is 0 Å². The van der Waals surface area contributed by atoms with Gasteiger partial charge in [0, 0.05) is 0 Å². The van der Waals surface area contributed by atoms with Crippen LogP contribution in [-0.4, -0.2) is 35.6 Å². The molecule has 27 heavy (non-hydrogen) atoms. The molecule has 1 aliphatic carbocycles. The summed E-state index contributed by atoms with van der Waals surface area (Å²) in [5.74, 6) is -1.19. The highest BCUT2D eigenvalue weighted by atomic mass is 19.4. The number of hydrogen-bond donors (Lipinski definition) is 1. The molecule has 0 aromatic heterocycles. The van der Waals surface area contributed by atoms with E-state index in [1.807, 2.05) is 20.8 Å². The van der Waals surface area contributed by atoms with Gasteiger partial charge in [-0.3, -0.25) is 4.79 Å². The topological polar surface area (TPSA) is 46.5 Å². The van der Waals surface area contributed by atoms with E-state index < -0.39 is 30.3 Å². The van der Waals surface area contributed by atoms with Gasteiger partial charge in [-0.15, -0.1) is 0 Å². The molecule has 2 unspecified atom stereocenters. The van der Waals surface area contributed by atoms with E-state index in [4.69, 9.17) is 4.74 Å². The molecular formula is C18H28F6O3. The Kier molecular flexibility index (Phi) is 7.64. The van der Waals surface area contributed by atoms with Crippen LogP contribution < -0.4 is 0 Å². The van der Waals surface area contributed by atoms with Crippen molar-refractivity contribution < 1.29 is 41.0 Å². The zero-order chi connectivity index (χ0) is 21.1. The van der Waals surface area contributed by atoms with Crippen molar-refractivity contribution in [3.05, 3.63) is 0 Å². The fourth-order valence-electron chi connectivity index (χ4n) is 3.48. The first kappa shape index (κ1) is 24.0. The Hall–Kier alpha value is -0.990. The lowest BCUT2D eigenvalue weighted by atomic mass is 9.87. The van der Waals surface area contributed by atoms with Crippen molar-refractivity contribution in [2.45, 2.75) is 83.7 Å². The number of carbonyl (C=O) groups is 1. The maximum absolute atomic E-state index is 12.8. The van der Waals surface area contributed by atoms with Crippen LogP contribution >= 0.6 is 0 Å². The Morgan fingerprint density at radius 1 is 1.00 bits per heavy atom. The van der Waals surface area contributed by atoms with Crippen molar-refractivity contribution in [2.24, 2.45) is 17.3 Å². The van der Waals surface area contributed by atoms with E-state index in [0.29, 0.717) is 19.3 Å². The fourth-order valence-corrected chi connectivity index (χ4v) is 3.48. The van der Waals surface area contributed by atoms with Crippen LogP contribution in [0.5, 0.6) is 0 Å². The van der Waals surface area contributed by atoms with E-state index in [9.17, 15) is 36.2 Å². The van der Waals surface area contributed by atoms with E-state index in [1.165, 1.54) is 0 Å². The minimum Gasteiger partial charge on any atom is -0.466 e. The van der Waals surface area contributed by atoms with Gasteiger partial charge in [-0.1, -0.05) is 33.6 Å². The van der Waals surface area contributed by atoms with Gasteiger partial charge in [0.25, 0.3) is 5.60 Å². The second-order valence-electron chi connectivity index (χ2n) is 8.71. The molecule has 9 heteroatoms. The van der Waals surface area contributed by atoms with Crippen LogP contribution in [0.25, 0.3) is 0 Å². The second kappa shape index (κ2) is 8.57. The van der Waals surface area contributed by atoms with Gasteiger partial charge in [0.2, 0.25) is 0 Å². The van der Waals surface area contributed by atoms with E-state index >= 15 is 0 Å². The first-order valence-electron chi connectivity index (χ1n) is 9.06. The van der Waals surface area contributed by atoms with Gasteiger partial charge in [0.05, 0.1) is 13.0 Å². The summed E-state index contributed by atoms with van der Waals surface area (Å²) in [6.07, 6.45) is -10.6. The van der Waals surface area contributed by atoms with Crippen molar-refractivity contribution in [3.8, 4) is 0 Å².